The third-order valence-electron chi connectivity index (χ3n) is 4.87. The van der Waals surface area contributed by atoms with E-state index < -0.39 is 11.9 Å². The van der Waals surface area contributed by atoms with Gasteiger partial charge in [0.05, 0.1) is 5.92 Å². The van der Waals surface area contributed by atoms with Gasteiger partial charge in [0, 0.05) is 25.2 Å². The van der Waals surface area contributed by atoms with Crippen molar-refractivity contribution < 1.29 is 23.9 Å². The van der Waals surface area contributed by atoms with Crippen LogP contribution in [-0.4, -0.2) is 42.4 Å². The number of benzene rings is 2. The fraction of sp³-hybridized carbons (Fsp3) is 0.348. The largest absolute Gasteiger partial charge is 0.457 e. The van der Waals surface area contributed by atoms with E-state index in [0.717, 1.165) is 12.2 Å². The van der Waals surface area contributed by atoms with Crippen molar-refractivity contribution in [2.75, 3.05) is 25.0 Å². The van der Waals surface area contributed by atoms with Gasteiger partial charge in [-0.05, 0) is 49.2 Å². The topological polar surface area (TPSA) is 84.9 Å². The van der Waals surface area contributed by atoms with Crippen molar-refractivity contribution in [1.82, 2.24) is 4.90 Å². The number of nitrogens with one attached hydrogen (secondary N) is 1. The van der Waals surface area contributed by atoms with Crippen LogP contribution in [0.5, 0.6) is 11.5 Å². The number of carbonyl (C=O) groups is 3. The van der Waals surface area contributed by atoms with Gasteiger partial charge in [-0.3, -0.25) is 14.4 Å². The molecule has 7 heteroatoms. The van der Waals surface area contributed by atoms with Gasteiger partial charge >= 0.3 is 5.97 Å². The number of esters is 1. The molecule has 3 rings (SSSR count). The highest BCUT2D eigenvalue weighted by molar-refractivity contribution is 5.93. The van der Waals surface area contributed by atoms with Crippen LogP contribution < -0.4 is 10.1 Å². The first-order chi connectivity index (χ1) is 14.5. The number of amides is 2. The molecule has 2 aromatic rings. The second-order valence-electron chi connectivity index (χ2n) is 7.13. The summed E-state index contributed by atoms with van der Waals surface area (Å²) in [6, 6.07) is 16.3. The molecule has 0 bridgehead atoms. The third kappa shape index (κ3) is 6.07. The normalized spacial score (nSPS) is 15.9. The first-order valence-electron chi connectivity index (χ1n) is 10.1. The quantitative estimate of drug-likeness (QED) is 0.705. The number of para-hydroxylation sites is 1. The molecular weight excluding hydrogens is 384 g/mol. The summed E-state index contributed by atoms with van der Waals surface area (Å²) in [7, 11) is 0. The number of likely N-dealkylation sites (tertiary alicyclic amines) is 1. The molecule has 158 valence electrons. The van der Waals surface area contributed by atoms with Crippen LogP contribution >= 0.6 is 0 Å². The van der Waals surface area contributed by atoms with Crippen molar-refractivity contribution >= 4 is 23.5 Å². The lowest BCUT2D eigenvalue weighted by molar-refractivity contribution is -0.154. The van der Waals surface area contributed by atoms with Crippen LogP contribution in [0.25, 0.3) is 0 Å². The third-order valence-corrected chi connectivity index (χ3v) is 4.87. The molecule has 1 aliphatic rings. The standard InChI is InChI=1S/C23H26N2O5/c1-2-22(27)25-14-6-7-17(15-25)23(28)29-16-21(26)24-18-10-12-20(13-11-18)30-19-8-4-3-5-9-19/h3-5,8-13,17H,2,6-7,14-16H2,1H3,(H,24,26). The van der Waals surface area contributed by atoms with Gasteiger partial charge in [-0.2, -0.15) is 0 Å². The Morgan fingerprint density at radius 3 is 2.43 bits per heavy atom. The van der Waals surface area contributed by atoms with Gasteiger partial charge in [0.15, 0.2) is 6.61 Å². The number of rotatable bonds is 7. The lowest BCUT2D eigenvalue weighted by atomic mass is 9.98. The molecule has 0 spiro atoms. The van der Waals surface area contributed by atoms with E-state index in [0.29, 0.717) is 37.4 Å². The molecule has 1 heterocycles. The minimum atomic E-state index is -0.439. The zero-order valence-corrected chi connectivity index (χ0v) is 17.0. The second kappa shape index (κ2) is 10.4. The molecule has 0 radical (unpaired) electrons. The maximum absolute atomic E-state index is 12.3. The first-order valence-corrected chi connectivity index (χ1v) is 10.1. The van der Waals surface area contributed by atoms with Gasteiger partial charge in [-0.1, -0.05) is 25.1 Å². The van der Waals surface area contributed by atoms with Crippen LogP contribution in [0.1, 0.15) is 26.2 Å². The van der Waals surface area contributed by atoms with E-state index in [4.69, 9.17) is 9.47 Å². The van der Waals surface area contributed by atoms with Crippen LogP contribution in [0.15, 0.2) is 54.6 Å². The Morgan fingerprint density at radius 1 is 1.03 bits per heavy atom. The zero-order chi connectivity index (χ0) is 21.3. The van der Waals surface area contributed by atoms with E-state index >= 15 is 0 Å². The number of hydrogen-bond acceptors (Lipinski definition) is 5. The lowest BCUT2D eigenvalue weighted by Crippen LogP contribution is -2.42. The zero-order valence-electron chi connectivity index (χ0n) is 17.0. The smallest absolute Gasteiger partial charge is 0.311 e. The monoisotopic (exact) mass is 410 g/mol. The molecule has 2 amide bonds. The summed E-state index contributed by atoms with van der Waals surface area (Å²) in [5.74, 6) is 0.168. The first kappa shape index (κ1) is 21.4. The van der Waals surface area contributed by atoms with E-state index in [-0.39, 0.29) is 18.4 Å². The van der Waals surface area contributed by atoms with Crippen molar-refractivity contribution in [3.63, 3.8) is 0 Å². The van der Waals surface area contributed by atoms with E-state index in [1.165, 1.54) is 0 Å². The lowest BCUT2D eigenvalue weighted by Gasteiger charge is -2.31. The van der Waals surface area contributed by atoms with E-state index in [1.54, 1.807) is 36.1 Å². The van der Waals surface area contributed by atoms with Gasteiger partial charge in [0.25, 0.3) is 5.91 Å². The van der Waals surface area contributed by atoms with Crippen molar-refractivity contribution in [2.45, 2.75) is 26.2 Å². The average Bonchev–Trinajstić information content (AvgIpc) is 2.79. The van der Waals surface area contributed by atoms with Crippen molar-refractivity contribution in [1.29, 1.82) is 0 Å². The molecule has 1 aliphatic heterocycles. The molecule has 7 nitrogen and oxygen atoms in total. The number of carbonyl (C=O) groups excluding carboxylic acids is 3. The van der Waals surface area contributed by atoms with E-state index in [2.05, 4.69) is 5.32 Å². The van der Waals surface area contributed by atoms with E-state index in [9.17, 15) is 14.4 Å². The number of piperidine rings is 1. The SMILES string of the molecule is CCC(=O)N1CCCC(C(=O)OCC(=O)Nc2ccc(Oc3ccccc3)cc2)C1. The average molecular weight is 410 g/mol. The number of ether oxygens (including phenoxy) is 2. The molecule has 0 saturated carbocycles. The molecule has 30 heavy (non-hydrogen) atoms. The molecule has 1 saturated heterocycles. The fourth-order valence-corrected chi connectivity index (χ4v) is 3.30. The van der Waals surface area contributed by atoms with Gasteiger partial charge < -0.3 is 19.7 Å². The Bertz CT molecular complexity index is 867. The summed E-state index contributed by atoms with van der Waals surface area (Å²) in [4.78, 5) is 37.9. The molecular formula is C23H26N2O5. The Morgan fingerprint density at radius 2 is 1.73 bits per heavy atom. The Labute approximate surface area is 176 Å². The van der Waals surface area contributed by atoms with Gasteiger partial charge in [0.2, 0.25) is 5.91 Å². The van der Waals surface area contributed by atoms with E-state index in [1.807, 2.05) is 30.3 Å². The van der Waals surface area contributed by atoms with Crippen LogP contribution in [0, 0.1) is 5.92 Å². The molecule has 2 aromatic carbocycles. The highest BCUT2D eigenvalue weighted by Gasteiger charge is 2.29. The molecule has 1 unspecified atom stereocenters. The molecule has 1 fully saturated rings. The Hall–Kier alpha value is -3.35. The maximum atomic E-state index is 12.3. The minimum Gasteiger partial charge on any atom is -0.457 e. The van der Waals surface area contributed by atoms with Gasteiger partial charge in [-0.15, -0.1) is 0 Å². The molecule has 0 aliphatic carbocycles. The molecule has 1 atom stereocenters. The van der Waals surface area contributed by atoms with Gasteiger partial charge in [-0.25, -0.2) is 0 Å². The summed E-state index contributed by atoms with van der Waals surface area (Å²) in [5, 5.41) is 2.69. The Kier molecular flexibility index (Phi) is 7.43. The predicted molar refractivity (Wildman–Crippen MR) is 112 cm³/mol. The fourth-order valence-electron chi connectivity index (χ4n) is 3.30. The maximum Gasteiger partial charge on any atom is 0.311 e. The predicted octanol–water partition coefficient (Wildman–Crippen LogP) is 3.61. The van der Waals surface area contributed by atoms with Crippen LogP contribution in [0.2, 0.25) is 0 Å². The summed E-state index contributed by atoms with van der Waals surface area (Å²) in [5.41, 5.74) is 0.578. The van der Waals surface area contributed by atoms with Crippen LogP contribution in [-0.2, 0) is 19.1 Å². The number of anilines is 1. The van der Waals surface area contributed by atoms with Crippen LogP contribution in [0.4, 0.5) is 5.69 Å². The van der Waals surface area contributed by atoms with Gasteiger partial charge in [0.1, 0.15) is 11.5 Å². The summed E-state index contributed by atoms with van der Waals surface area (Å²) in [6.45, 7) is 2.46. The van der Waals surface area contributed by atoms with Crippen molar-refractivity contribution in [3.05, 3.63) is 54.6 Å². The second-order valence-corrected chi connectivity index (χ2v) is 7.13. The summed E-state index contributed by atoms with van der Waals surface area (Å²) in [6.07, 6.45) is 1.84. The number of hydrogen-bond donors (Lipinski definition) is 1. The highest BCUT2D eigenvalue weighted by Crippen LogP contribution is 2.23. The summed E-state index contributed by atoms with van der Waals surface area (Å²) < 4.78 is 10.9. The van der Waals surface area contributed by atoms with Crippen molar-refractivity contribution in [3.8, 4) is 11.5 Å². The van der Waals surface area contributed by atoms with Crippen LogP contribution in [0.3, 0.4) is 0 Å². The minimum absolute atomic E-state index is 0.0323. The molecule has 0 aromatic heterocycles. The highest BCUT2D eigenvalue weighted by atomic mass is 16.5. The van der Waals surface area contributed by atoms with Crippen molar-refractivity contribution in [2.24, 2.45) is 5.92 Å². The Balaban J connectivity index is 1.44. The number of nitrogens with zero attached hydrogens (tertiary/aromatic N) is 1. The summed E-state index contributed by atoms with van der Waals surface area (Å²) >= 11 is 0. The molecule has 1 N–H and O–H groups in total.